The molecule has 202 valence electrons. The van der Waals surface area contributed by atoms with Gasteiger partial charge in [-0.15, -0.1) is 10.2 Å². The standard InChI is InChI=1S/C30H33FN6O2/c1-19-9-10-20(2)37(19)21-11-12-24(33-17-21)25-16-22(29(3,4)5)27(35-34-25)36(28(38)39)18-30(13-7-14-30)26-23(31)8-6-15-32-26/h6,8-12,15-17H,7,13-14,18H2,1-5H3,(H,38,39). The lowest BCUT2D eigenvalue weighted by Crippen LogP contribution is -2.49. The molecule has 1 amide bonds. The van der Waals surface area contributed by atoms with E-state index >= 15 is 0 Å². The van der Waals surface area contributed by atoms with E-state index in [9.17, 15) is 14.3 Å². The lowest BCUT2D eigenvalue weighted by atomic mass is 9.66. The Bertz CT molecular complexity index is 1500. The van der Waals surface area contributed by atoms with E-state index in [0.29, 0.717) is 35.5 Å². The van der Waals surface area contributed by atoms with Gasteiger partial charge in [0, 0.05) is 35.1 Å². The van der Waals surface area contributed by atoms with Crippen LogP contribution in [0.4, 0.5) is 15.0 Å². The predicted molar refractivity (Wildman–Crippen MR) is 148 cm³/mol. The molecule has 8 nitrogen and oxygen atoms in total. The largest absolute Gasteiger partial charge is 0.465 e. The van der Waals surface area contributed by atoms with Crippen LogP contribution in [0.1, 0.15) is 62.7 Å². The van der Waals surface area contributed by atoms with Crippen molar-refractivity contribution >= 4 is 11.9 Å². The van der Waals surface area contributed by atoms with Crippen molar-refractivity contribution in [2.24, 2.45) is 0 Å². The lowest BCUT2D eigenvalue weighted by molar-refractivity contribution is 0.187. The molecule has 0 atom stereocenters. The van der Waals surface area contributed by atoms with Crippen molar-refractivity contribution < 1.29 is 14.3 Å². The molecule has 0 saturated heterocycles. The zero-order chi connectivity index (χ0) is 27.9. The van der Waals surface area contributed by atoms with Crippen LogP contribution in [-0.4, -0.2) is 42.5 Å². The van der Waals surface area contributed by atoms with E-state index in [-0.39, 0.29) is 12.4 Å². The molecule has 0 aromatic carbocycles. The number of pyridine rings is 2. The van der Waals surface area contributed by atoms with Crippen LogP contribution >= 0.6 is 0 Å². The number of halogens is 1. The summed E-state index contributed by atoms with van der Waals surface area (Å²) in [5, 5.41) is 19.1. The lowest BCUT2D eigenvalue weighted by Gasteiger charge is -2.44. The number of hydrogen-bond acceptors (Lipinski definition) is 5. The molecular formula is C30H33FN6O2. The van der Waals surface area contributed by atoms with E-state index < -0.39 is 22.7 Å². The average Bonchev–Trinajstić information content (AvgIpc) is 3.21. The predicted octanol–water partition coefficient (Wildman–Crippen LogP) is 6.38. The van der Waals surface area contributed by atoms with E-state index in [4.69, 9.17) is 0 Å². The van der Waals surface area contributed by atoms with Crippen molar-refractivity contribution in [1.29, 1.82) is 0 Å². The Morgan fingerprint density at radius 2 is 1.77 bits per heavy atom. The van der Waals surface area contributed by atoms with Gasteiger partial charge in [-0.05, 0) is 74.6 Å². The van der Waals surface area contributed by atoms with Crippen LogP contribution in [0, 0.1) is 19.7 Å². The van der Waals surface area contributed by atoms with Gasteiger partial charge < -0.3 is 9.67 Å². The van der Waals surface area contributed by atoms with Crippen molar-refractivity contribution in [3.63, 3.8) is 0 Å². The maximum Gasteiger partial charge on any atom is 0.413 e. The highest BCUT2D eigenvalue weighted by atomic mass is 19.1. The molecular weight excluding hydrogens is 495 g/mol. The second-order valence-electron chi connectivity index (χ2n) is 11.4. The van der Waals surface area contributed by atoms with Gasteiger partial charge in [0.1, 0.15) is 11.5 Å². The van der Waals surface area contributed by atoms with E-state index in [0.717, 1.165) is 23.5 Å². The van der Waals surface area contributed by atoms with Gasteiger partial charge in [0.25, 0.3) is 0 Å². The maximum atomic E-state index is 14.8. The molecule has 4 aromatic heterocycles. The number of hydrogen-bond donors (Lipinski definition) is 1. The molecule has 1 N–H and O–H groups in total. The molecule has 39 heavy (non-hydrogen) atoms. The third kappa shape index (κ3) is 4.89. The second-order valence-corrected chi connectivity index (χ2v) is 11.4. The van der Waals surface area contributed by atoms with E-state index in [1.54, 1.807) is 18.5 Å². The molecule has 4 heterocycles. The molecule has 0 radical (unpaired) electrons. The number of carbonyl (C=O) groups is 1. The summed E-state index contributed by atoms with van der Waals surface area (Å²) in [6.07, 6.45) is 4.37. The number of nitrogens with zero attached hydrogens (tertiary/aromatic N) is 6. The summed E-state index contributed by atoms with van der Waals surface area (Å²) < 4.78 is 16.9. The first-order valence-corrected chi connectivity index (χ1v) is 13.1. The molecule has 9 heteroatoms. The van der Waals surface area contributed by atoms with E-state index in [1.807, 2.05) is 52.8 Å². The number of aryl methyl sites for hydroxylation is 2. The van der Waals surface area contributed by atoms with Crippen LogP contribution in [0.25, 0.3) is 17.1 Å². The highest BCUT2D eigenvalue weighted by Gasteiger charge is 2.45. The summed E-state index contributed by atoms with van der Waals surface area (Å²) >= 11 is 0. The highest BCUT2D eigenvalue weighted by molar-refractivity contribution is 5.86. The first-order valence-electron chi connectivity index (χ1n) is 13.1. The number of amides is 1. The average molecular weight is 529 g/mol. The maximum absolute atomic E-state index is 14.8. The van der Waals surface area contributed by atoms with E-state index in [2.05, 4.69) is 36.9 Å². The first-order chi connectivity index (χ1) is 18.5. The SMILES string of the molecule is Cc1ccc(C)n1-c1ccc(-c2cc(C(C)(C)C)c(N(CC3(c4ncccc4F)CCC3)C(=O)O)nn2)nc1. The third-order valence-corrected chi connectivity index (χ3v) is 7.64. The van der Waals surface area contributed by atoms with Gasteiger partial charge in [-0.25, -0.2) is 9.18 Å². The third-order valence-electron chi connectivity index (χ3n) is 7.64. The molecule has 0 bridgehead atoms. The zero-order valence-corrected chi connectivity index (χ0v) is 22.9. The Balaban J connectivity index is 1.53. The highest BCUT2D eigenvalue weighted by Crippen LogP contribution is 2.45. The second kappa shape index (κ2) is 9.87. The molecule has 4 aromatic rings. The van der Waals surface area contributed by atoms with Crippen molar-refractivity contribution in [3.8, 4) is 17.1 Å². The fraction of sp³-hybridized carbons (Fsp3) is 0.367. The van der Waals surface area contributed by atoms with Crippen molar-refractivity contribution in [1.82, 2.24) is 24.7 Å². The Labute approximate surface area is 227 Å². The van der Waals surface area contributed by atoms with Crippen LogP contribution in [0.3, 0.4) is 0 Å². The number of anilines is 1. The topological polar surface area (TPSA) is 97.0 Å². The molecule has 1 saturated carbocycles. The Morgan fingerprint density at radius 3 is 2.31 bits per heavy atom. The van der Waals surface area contributed by atoms with E-state index in [1.165, 1.54) is 11.0 Å². The fourth-order valence-electron chi connectivity index (χ4n) is 5.39. The minimum absolute atomic E-state index is 0.0515. The van der Waals surface area contributed by atoms with Crippen LogP contribution in [0.15, 0.2) is 54.9 Å². The molecule has 0 spiro atoms. The monoisotopic (exact) mass is 528 g/mol. The zero-order valence-electron chi connectivity index (χ0n) is 22.9. The fourth-order valence-corrected chi connectivity index (χ4v) is 5.39. The van der Waals surface area contributed by atoms with Gasteiger partial charge in [0.15, 0.2) is 5.82 Å². The Hall–Kier alpha value is -4.14. The normalized spacial score (nSPS) is 14.6. The molecule has 1 fully saturated rings. The number of rotatable bonds is 6. The van der Waals surface area contributed by atoms with Gasteiger partial charge in [0.05, 0.1) is 23.3 Å². The number of aromatic nitrogens is 5. The van der Waals surface area contributed by atoms with Crippen molar-refractivity contribution in [2.75, 3.05) is 11.4 Å². The minimum atomic E-state index is -1.16. The minimum Gasteiger partial charge on any atom is -0.465 e. The van der Waals surface area contributed by atoms with Crippen LogP contribution in [0.2, 0.25) is 0 Å². The van der Waals surface area contributed by atoms with Crippen LogP contribution < -0.4 is 4.90 Å². The van der Waals surface area contributed by atoms with Gasteiger partial charge >= 0.3 is 6.09 Å². The smallest absolute Gasteiger partial charge is 0.413 e. The Morgan fingerprint density at radius 1 is 1.05 bits per heavy atom. The molecule has 0 aliphatic heterocycles. The van der Waals surface area contributed by atoms with Gasteiger partial charge in [0.2, 0.25) is 0 Å². The number of carboxylic acid groups (broad SMARTS) is 1. The summed E-state index contributed by atoms with van der Waals surface area (Å²) in [7, 11) is 0. The quantitative estimate of drug-likeness (QED) is 0.312. The Kier molecular flexibility index (Phi) is 6.70. The van der Waals surface area contributed by atoms with Gasteiger partial charge in [-0.3, -0.25) is 14.9 Å². The summed E-state index contributed by atoms with van der Waals surface area (Å²) in [5.74, 6) is -0.170. The molecule has 5 rings (SSSR count). The molecule has 1 aliphatic carbocycles. The van der Waals surface area contributed by atoms with Gasteiger partial charge in [-0.1, -0.05) is 27.2 Å². The summed E-state index contributed by atoms with van der Waals surface area (Å²) in [4.78, 5) is 22.8. The van der Waals surface area contributed by atoms with Crippen LogP contribution in [-0.2, 0) is 10.8 Å². The summed E-state index contributed by atoms with van der Waals surface area (Å²) in [6, 6.07) is 12.8. The van der Waals surface area contributed by atoms with Gasteiger partial charge in [-0.2, -0.15) is 0 Å². The summed E-state index contributed by atoms with van der Waals surface area (Å²) in [6.45, 7) is 10.2. The molecule has 0 unspecified atom stereocenters. The van der Waals surface area contributed by atoms with Crippen molar-refractivity contribution in [2.45, 2.75) is 64.7 Å². The first kappa shape index (κ1) is 26.5. The van der Waals surface area contributed by atoms with Crippen LogP contribution in [0.5, 0.6) is 0 Å². The van der Waals surface area contributed by atoms with Crippen molar-refractivity contribution in [3.05, 3.63) is 83.3 Å². The summed E-state index contributed by atoms with van der Waals surface area (Å²) in [5.41, 5.74) is 4.24. The molecule has 1 aliphatic rings.